The van der Waals surface area contributed by atoms with Gasteiger partial charge >= 0.3 is 0 Å². The molecule has 0 saturated carbocycles. The standard InChI is InChI=1S/C19H12FN3O3S/c1-10-9-27-19(21-10)22-16(24)11-2-7-14-15(8-11)18(26)23(17(14)25)13-5-3-12(20)4-6-13/h2-9H,1H3,(H,21,22,24). The predicted octanol–water partition coefficient (Wildman–Crippen LogP) is 3.64. The second-order valence-corrected chi connectivity index (χ2v) is 6.79. The maximum absolute atomic E-state index is 13.1. The number of halogens is 1. The van der Waals surface area contributed by atoms with Gasteiger partial charge in [-0.3, -0.25) is 19.7 Å². The van der Waals surface area contributed by atoms with Crippen LogP contribution in [0.3, 0.4) is 0 Å². The molecule has 2 aromatic carbocycles. The van der Waals surface area contributed by atoms with E-state index in [-0.39, 0.29) is 22.4 Å². The molecular formula is C19H12FN3O3S. The van der Waals surface area contributed by atoms with Crippen molar-refractivity contribution >= 4 is 39.9 Å². The fourth-order valence-electron chi connectivity index (χ4n) is 2.79. The molecule has 1 aliphatic rings. The first-order valence-corrected chi connectivity index (χ1v) is 8.84. The topological polar surface area (TPSA) is 79.4 Å². The lowest BCUT2D eigenvalue weighted by atomic mass is 10.1. The Balaban J connectivity index is 1.64. The number of amides is 3. The first kappa shape index (κ1) is 17.0. The lowest BCUT2D eigenvalue weighted by Crippen LogP contribution is -2.29. The largest absolute Gasteiger partial charge is 0.298 e. The van der Waals surface area contributed by atoms with Crippen LogP contribution in [0.25, 0.3) is 0 Å². The van der Waals surface area contributed by atoms with Crippen molar-refractivity contribution in [2.45, 2.75) is 6.92 Å². The van der Waals surface area contributed by atoms with Gasteiger partial charge in [0.05, 0.1) is 22.5 Å². The lowest BCUT2D eigenvalue weighted by Gasteiger charge is -2.13. The number of nitrogens with one attached hydrogen (secondary N) is 1. The molecule has 1 aliphatic heterocycles. The van der Waals surface area contributed by atoms with E-state index in [4.69, 9.17) is 0 Å². The van der Waals surface area contributed by atoms with Crippen LogP contribution in [-0.2, 0) is 0 Å². The summed E-state index contributed by atoms with van der Waals surface area (Å²) in [5, 5.41) is 4.92. The van der Waals surface area contributed by atoms with Crippen LogP contribution in [0.15, 0.2) is 47.8 Å². The number of nitrogens with zero attached hydrogens (tertiary/aromatic N) is 2. The molecule has 4 rings (SSSR count). The smallest absolute Gasteiger partial charge is 0.266 e. The number of carbonyl (C=O) groups is 3. The SMILES string of the molecule is Cc1csc(NC(=O)c2ccc3c(c2)C(=O)N(c2ccc(F)cc2)C3=O)n1. The second kappa shape index (κ2) is 6.40. The van der Waals surface area contributed by atoms with Crippen LogP contribution in [-0.4, -0.2) is 22.7 Å². The van der Waals surface area contributed by atoms with E-state index in [9.17, 15) is 18.8 Å². The van der Waals surface area contributed by atoms with Crippen LogP contribution in [0.1, 0.15) is 36.8 Å². The highest BCUT2D eigenvalue weighted by Crippen LogP contribution is 2.29. The zero-order valence-electron chi connectivity index (χ0n) is 14.0. The van der Waals surface area contributed by atoms with Crippen LogP contribution in [0.2, 0.25) is 0 Å². The highest BCUT2D eigenvalue weighted by Gasteiger charge is 2.37. The number of thiazole rings is 1. The minimum atomic E-state index is -0.554. The van der Waals surface area contributed by atoms with E-state index in [2.05, 4.69) is 10.3 Å². The molecule has 134 valence electrons. The monoisotopic (exact) mass is 381 g/mol. The molecule has 2 heterocycles. The molecule has 0 saturated heterocycles. The van der Waals surface area contributed by atoms with Crippen LogP contribution in [0, 0.1) is 12.7 Å². The van der Waals surface area contributed by atoms with Gasteiger partial charge in [-0.05, 0) is 49.4 Å². The molecule has 0 radical (unpaired) electrons. The Labute approximate surface area is 157 Å². The number of fused-ring (bicyclic) bond motifs is 1. The number of aryl methyl sites for hydroxylation is 1. The second-order valence-electron chi connectivity index (χ2n) is 5.93. The molecule has 3 amide bonds. The molecule has 1 N–H and O–H groups in total. The number of benzene rings is 2. The van der Waals surface area contributed by atoms with E-state index in [1.165, 1.54) is 53.8 Å². The Bertz CT molecular complexity index is 1090. The Morgan fingerprint density at radius 2 is 1.78 bits per heavy atom. The predicted molar refractivity (Wildman–Crippen MR) is 98.8 cm³/mol. The van der Waals surface area contributed by atoms with Crippen molar-refractivity contribution in [1.82, 2.24) is 4.98 Å². The van der Waals surface area contributed by atoms with E-state index in [1.807, 2.05) is 6.92 Å². The van der Waals surface area contributed by atoms with Crippen LogP contribution in [0.4, 0.5) is 15.2 Å². The molecule has 6 nitrogen and oxygen atoms in total. The minimum Gasteiger partial charge on any atom is -0.298 e. The normalized spacial score (nSPS) is 13.0. The third kappa shape index (κ3) is 3.00. The number of aromatic nitrogens is 1. The van der Waals surface area contributed by atoms with Crippen molar-refractivity contribution in [2.24, 2.45) is 0 Å². The van der Waals surface area contributed by atoms with E-state index in [0.29, 0.717) is 5.13 Å². The maximum atomic E-state index is 13.1. The zero-order chi connectivity index (χ0) is 19.1. The molecule has 27 heavy (non-hydrogen) atoms. The fraction of sp³-hybridized carbons (Fsp3) is 0.0526. The van der Waals surface area contributed by atoms with Crippen molar-refractivity contribution < 1.29 is 18.8 Å². The molecular weight excluding hydrogens is 369 g/mol. The number of anilines is 2. The third-order valence-electron chi connectivity index (χ3n) is 4.07. The Morgan fingerprint density at radius 3 is 2.44 bits per heavy atom. The summed E-state index contributed by atoms with van der Waals surface area (Å²) in [6, 6.07) is 9.37. The van der Waals surface area contributed by atoms with Crippen molar-refractivity contribution in [3.63, 3.8) is 0 Å². The van der Waals surface area contributed by atoms with Crippen LogP contribution in [0.5, 0.6) is 0 Å². The van der Waals surface area contributed by atoms with Gasteiger partial charge in [0.25, 0.3) is 17.7 Å². The summed E-state index contributed by atoms with van der Waals surface area (Å²) in [5.74, 6) is -1.95. The molecule has 0 bridgehead atoms. The van der Waals surface area contributed by atoms with E-state index in [0.717, 1.165) is 10.6 Å². The summed E-state index contributed by atoms with van der Waals surface area (Å²) < 4.78 is 13.1. The minimum absolute atomic E-state index is 0.132. The lowest BCUT2D eigenvalue weighted by molar-refractivity contribution is 0.0925. The Hall–Kier alpha value is -3.39. The highest BCUT2D eigenvalue weighted by atomic mass is 32.1. The van der Waals surface area contributed by atoms with Gasteiger partial charge < -0.3 is 0 Å². The first-order chi connectivity index (χ1) is 12.9. The fourth-order valence-corrected chi connectivity index (χ4v) is 3.47. The van der Waals surface area contributed by atoms with Crippen LogP contribution < -0.4 is 10.2 Å². The molecule has 3 aromatic rings. The summed E-state index contributed by atoms with van der Waals surface area (Å²) in [6.07, 6.45) is 0. The van der Waals surface area contributed by atoms with Gasteiger partial charge in [-0.2, -0.15) is 0 Å². The van der Waals surface area contributed by atoms with Gasteiger partial charge in [-0.1, -0.05) is 0 Å². The third-order valence-corrected chi connectivity index (χ3v) is 4.95. The molecule has 0 spiro atoms. The molecule has 0 aliphatic carbocycles. The summed E-state index contributed by atoms with van der Waals surface area (Å²) in [4.78, 5) is 42.8. The van der Waals surface area contributed by atoms with Gasteiger partial charge in [0.1, 0.15) is 5.82 Å². The number of hydrogen-bond donors (Lipinski definition) is 1. The quantitative estimate of drug-likeness (QED) is 0.703. The van der Waals surface area contributed by atoms with Gasteiger partial charge in [-0.25, -0.2) is 14.3 Å². The number of carbonyl (C=O) groups excluding carboxylic acids is 3. The average molecular weight is 381 g/mol. The molecule has 0 unspecified atom stereocenters. The van der Waals surface area contributed by atoms with Gasteiger partial charge in [0.2, 0.25) is 0 Å². The number of imide groups is 1. The first-order valence-electron chi connectivity index (χ1n) is 7.96. The summed E-state index contributed by atoms with van der Waals surface area (Å²) in [6.45, 7) is 1.82. The van der Waals surface area contributed by atoms with Gasteiger partial charge in [0, 0.05) is 10.9 Å². The van der Waals surface area contributed by atoms with Crippen molar-refractivity contribution in [3.8, 4) is 0 Å². The van der Waals surface area contributed by atoms with Crippen molar-refractivity contribution in [2.75, 3.05) is 10.2 Å². The molecule has 8 heteroatoms. The highest BCUT2D eigenvalue weighted by molar-refractivity contribution is 7.13. The van der Waals surface area contributed by atoms with Crippen molar-refractivity contribution in [3.05, 3.63) is 76.0 Å². The van der Waals surface area contributed by atoms with E-state index in [1.54, 1.807) is 5.38 Å². The van der Waals surface area contributed by atoms with Crippen molar-refractivity contribution in [1.29, 1.82) is 0 Å². The van der Waals surface area contributed by atoms with Gasteiger partial charge in [0.15, 0.2) is 5.13 Å². The number of hydrogen-bond acceptors (Lipinski definition) is 5. The van der Waals surface area contributed by atoms with E-state index < -0.39 is 23.5 Å². The summed E-state index contributed by atoms with van der Waals surface area (Å²) in [5.41, 5.74) is 1.63. The Kier molecular flexibility index (Phi) is 4.04. The summed E-state index contributed by atoms with van der Waals surface area (Å²) >= 11 is 1.29. The molecule has 0 atom stereocenters. The molecule has 1 aromatic heterocycles. The maximum Gasteiger partial charge on any atom is 0.266 e. The van der Waals surface area contributed by atoms with Gasteiger partial charge in [-0.15, -0.1) is 11.3 Å². The number of rotatable bonds is 3. The molecule has 0 fully saturated rings. The zero-order valence-corrected chi connectivity index (χ0v) is 14.8. The Morgan fingerprint density at radius 1 is 1.07 bits per heavy atom. The van der Waals surface area contributed by atoms with Crippen LogP contribution >= 0.6 is 11.3 Å². The summed E-state index contributed by atoms with van der Waals surface area (Å²) in [7, 11) is 0. The average Bonchev–Trinajstić information content (AvgIpc) is 3.17. The van der Waals surface area contributed by atoms with E-state index >= 15 is 0 Å².